The summed E-state index contributed by atoms with van der Waals surface area (Å²) in [6.07, 6.45) is 1.07. The first kappa shape index (κ1) is 25.5. The minimum Gasteiger partial charge on any atom is -0.340 e. The van der Waals surface area contributed by atoms with Crippen LogP contribution in [0.2, 0.25) is 0 Å². The summed E-state index contributed by atoms with van der Waals surface area (Å²) in [5.41, 5.74) is 4.33. The molecule has 0 aromatic heterocycles. The Morgan fingerprint density at radius 1 is 0.806 bits per heavy atom. The molecule has 0 radical (unpaired) electrons. The number of nitrogens with zero attached hydrogens (tertiary/aromatic N) is 3. The summed E-state index contributed by atoms with van der Waals surface area (Å²) in [4.78, 5) is 32.2. The maximum absolute atomic E-state index is 13.1. The van der Waals surface area contributed by atoms with E-state index in [4.69, 9.17) is 0 Å². The van der Waals surface area contributed by atoms with Crippen molar-refractivity contribution < 1.29 is 9.59 Å². The molecule has 0 atom stereocenters. The molecular formula is C30H36N4O2. The Labute approximate surface area is 214 Å². The van der Waals surface area contributed by atoms with Gasteiger partial charge < -0.3 is 15.1 Å². The Morgan fingerprint density at radius 2 is 1.47 bits per heavy atom. The number of hydrogen-bond acceptors (Lipinski definition) is 3. The molecule has 3 aromatic rings. The summed E-state index contributed by atoms with van der Waals surface area (Å²) >= 11 is 0. The van der Waals surface area contributed by atoms with Gasteiger partial charge in [-0.3, -0.25) is 9.69 Å². The highest BCUT2D eigenvalue weighted by Gasteiger charge is 2.23. The molecule has 1 N–H and O–H groups in total. The zero-order valence-electron chi connectivity index (χ0n) is 21.1. The Morgan fingerprint density at radius 3 is 2.14 bits per heavy atom. The van der Waals surface area contributed by atoms with Crippen molar-refractivity contribution in [2.45, 2.75) is 26.3 Å². The summed E-state index contributed by atoms with van der Waals surface area (Å²) in [7, 11) is 0. The number of anilines is 1. The van der Waals surface area contributed by atoms with Crippen LogP contribution in [0.25, 0.3) is 0 Å². The number of rotatable bonds is 9. The fourth-order valence-corrected chi connectivity index (χ4v) is 4.53. The zero-order valence-corrected chi connectivity index (χ0v) is 21.1. The molecule has 1 fully saturated rings. The topological polar surface area (TPSA) is 55.9 Å². The number of carbonyl (C=O) groups is 2. The minimum absolute atomic E-state index is 0.113. The van der Waals surface area contributed by atoms with Crippen molar-refractivity contribution in [1.29, 1.82) is 0 Å². The van der Waals surface area contributed by atoms with Crippen molar-refractivity contribution in [3.8, 4) is 0 Å². The molecule has 3 aromatic carbocycles. The fraction of sp³-hybridized carbons (Fsp3) is 0.333. The third-order valence-electron chi connectivity index (χ3n) is 6.64. The summed E-state index contributed by atoms with van der Waals surface area (Å²) in [5.74, 6) is 0.113. The summed E-state index contributed by atoms with van der Waals surface area (Å²) in [5, 5.41) is 3.01. The lowest BCUT2D eigenvalue weighted by Gasteiger charge is -2.35. The normalized spacial score (nSPS) is 13.9. The number of urea groups is 1. The van der Waals surface area contributed by atoms with Crippen LogP contribution in [0.3, 0.4) is 0 Å². The number of benzene rings is 3. The van der Waals surface area contributed by atoms with Gasteiger partial charge in [-0.1, -0.05) is 72.8 Å². The number of aryl methyl sites for hydroxylation is 1. The highest BCUT2D eigenvalue weighted by atomic mass is 16.2. The average Bonchev–Trinajstić information content (AvgIpc) is 2.90. The molecule has 1 aliphatic heterocycles. The quantitative estimate of drug-likeness (QED) is 0.474. The van der Waals surface area contributed by atoms with Gasteiger partial charge in [0.1, 0.15) is 0 Å². The van der Waals surface area contributed by atoms with Gasteiger partial charge in [-0.15, -0.1) is 0 Å². The summed E-state index contributed by atoms with van der Waals surface area (Å²) < 4.78 is 0. The number of nitrogens with one attached hydrogen (secondary N) is 1. The molecule has 1 saturated heterocycles. The maximum Gasteiger partial charge on any atom is 0.321 e. The summed E-state index contributed by atoms with van der Waals surface area (Å²) in [6.45, 7) is 7.05. The van der Waals surface area contributed by atoms with Gasteiger partial charge in [0, 0.05) is 57.9 Å². The van der Waals surface area contributed by atoms with Crippen molar-refractivity contribution in [3.63, 3.8) is 0 Å². The van der Waals surface area contributed by atoms with Crippen molar-refractivity contribution in [2.24, 2.45) is 0 Å². The highest BCUT2D eigenvalue weighted by Crippen LogP contribution is 2.13. The predicted molar refractivity (Wildman–Crippen MR) is 145 cm³/mol. The molecule has 1 heterocycles. The molecule has 0 aliphatic carbocycles. The van der Waals surface area contributed by atoms with Crippen molar-refractivity contribution in [2.75, 3.05) is 44.6 Å². The number of piperazine rings is 1. The van der Waals surface area contributed by atoms with Crippen LogP contribution in [-0.4, -0.2) is 65.9 Å². The molecule has 6 heteroatoms. The van der Waals surface area contributed by atoms with E-state index in [1.807, 2.05) is 60.4 Å². The van der Waals surface area contributed by atoms with E-state index in [1.54, 1.807) is 4.90 Å². The van der Waals surface area contributed by atoms with Crippen molar-refractivity contribution >= 4 is 17.6 Å². The fourth-order valence-electron chi connectivity index (χ4n) is 4.53. The molecule has 6 nitrogen and oxygen atoms in total. The van der Waals surface area contributed by atoms with E-state index in [0.717, 1.165) is 50.4 Å². The molecule has 0 bridgehead atoms. The summed E-state index contributed by atoms with van der Waals surface area (Å²) in [6, 6.07) is 28.2. The third kappa shape index (κ3) is 7.68. The zero-order chi connectivity index (χ0) is 25.2. The van der Waals surface area contributed by atoms with E-state index in [1.165, 1.54) is 11.1 Å². The third-order valence-corrected chi connectivity index (χ3v) is 6.64. The van der Waals surface area contributed by atoms with Gasteiger partial charge in [0.2, 0.25) is 5.91 Å². The Hall–Kier alpha value is -3.64. The Bertz CT molecular complexity index is 1110. The van der Waals surface area contributed by atoms with E-state index in [2.05, 4.69) is 46.6 Å². The second-order valence-electron chi connectivity index (χ2n) is 9.41. The monoisotopic (exact) mass is 484 g/mol. The van der Waals surface area contributed by atoms with Gasteiger partial charge in [-0.25, -0.2) is 4.79 Å². The SMILES string of the molecule is Cc1cccc(NC(=O)N(CCC(=O)N2CCN(Cc3ccccc3)CC2)CCc2ccccc2)c1. The number of carbonyl (C=O) groups excluding carboxylic acids is 2. The molecule has 0 spiro atoms. The van der Waals surface area contributed by atoms with Crippen LogP contribution >= 0.6 is 0 Å². The van der Waals surface area contributed by atoms with Crippen LogP contribution in [0.1, 0.15) is 23.1 Å². The van der Waals surface area contributed by atoms with E-state index in [0.29, 0.717) is 19.5 Å². The van der Waals surface area contributed by atoms with Crippen LogP contribution in [0, 0.1) is 6.92 Å². The maximum atomic E-state index is 13.1. The largest absolute Gasteiger partial charge is 0.340 e. The molecule has 188 valence electrons. The van der Waals surface area contributed by atoms with E-state index >= 15 is 0 Å². The van der Waals surface area contributed by atoms with Crippen LogP contribution < -0.4 is 5.32 Å². The van der Waals surface area contributed by atoms with E-state index < -0.39 is 0 Å². The van der Waals surface area contributed by atoms with Gasteiger partial charge >= 0.3 is 6.03 Å². The van der Waals surface area contributed by atoms with Gasteiger partial charge in [0.05, 0.1) is 0 Å². The molecule has 0 unspecified atom stereocenters. The lowest BCUT2D eigenvalue weighted by atomic mass is 10.1. The average molecular weight is 485 g/mol. The first-order valence-electron chi connectivity index (χ1n) is 12.8. The minimum atomic E-state index is -0.169. The molecule has 0 saturated carbocycles. The van der Waals surface area contributed by atoms with Crippen LogP contribution in [-0.2, 0) is 17.8 Å². The standard InChI is InChI=1S/C30H36N4O2/c1-25-9-8-14-28(23-25)31-30(36)34(17-15-26-10-4-2-5-11-26)18-16-29(35)33-21-19-32(20-22-33)24-27-12-6-3-7-13-27/h2-14,23H,15-22,24H2,1H3,(H,31,36). The van der Waals surface area contributed by atoms with Crippen LogP contribution in [0.4, 0.5) is 10.5 Å². The van der Waals surface area contributed by atoms with E-state index in [9.17, 15) is 9.59 Å². The first-order chi connectivity index (χ1) is 17.6. The van der Waals surface area contributed by atoms with Gasteiger partial charge in [-0.2, -0.15) is 0 Å². The Balaban J connectivity index is 1.30. The number of hydrogen-bond donors (Lipinski definition) is 1. The molecule has 4 rings (SSSR count). The van der Waals surface area contributed by atoms with Gasteiger partial charge in [0.25, 0.3) is 0 Å². The van der Waals surface area contributed by atoms with Gasteiger partial charge in [0.15, 0.2) is 0 Å². The predicted octanol–water partition coefficient (Wildman–Crippen LogP) is 4.81. The van der Waals surface area contributed by atoms with Crippen LogP contribution in [0.15, 0.2) is 84.9 Å². The molecular weight excluding hydrogens is 448 g/mol. The second-order valence-corrected chi connectivity index (χ2v) is 9.41. The smallest absolute Gasteiger partial charge is 0.321 e. The molecule has 36 heavy (non-hydrogen) atoms. The Kier molecular flexibility index (Phi) is 9.11. The lowest BCUT2D eigenvalue weighted by Crippen LogP contribution is -2.49. The van der Waals surface area contributed by atoms with Gasteiger partial charge in [-0.05, 0) is 42.2 Å². The van der Waals surface area contributed by atoms with E-state index in [-0.39, 0.29) is 11.9 Å². The molecule has 1 aliphatic rings. The number of amides is 3. The van der Waals surface area contributed by atoms with Crippen molar-refractivity contribution in [3.05, 3.63) is 102 Å². The first-order valence-corrected chi connectivity index (χ1v) is 12.8. The highest BCUT2D eigenvalue weighted by molar-refractivity contribution is 5.89. The molecule has 3 amide bonds. The lowest BCUT2D eigenvalue weighted by molar-refractivity contribution is -0.133. The van der Waals surface area contributed by atoms with Crippen LogP contribution in [0.5, 0.6) is 0 Å². The van der Waals surface area contributed by atoms with Crippen molar-refractivity contribution in [1.82, 2.24) is 14.7 Å². The second kappa shape index (κ2) is 12.9.